The number of nitrogens with zero attached hydrogens (tertiary/aromatic N) is 4. The van der Waals surface area contributed by atoms with Gasteiger partial charge in [-0.15, -0.1) is 0 Å². The minimum absolute atomic E-state index is 0.483. The molecular weight excluding hydrogens is 613 g/mol. The predicted molar refractivity (Wildman–Crippen MR) is 205 cm³/mol. The Labute approximate surface area is 287 Å². The number of hydrogen-bond acceptors (Lipinski definition) is 3. The van der Waals surface area contributed by atoms with Crippen LogP contribution in [0.5, 0.6) is 0 Å². The van der Waals surface area contributed by atoms with E-state index in [9.17, 15) is 0 Å². The molecule has 11 rings (SSSR count). The summed E-state index contributed by atoms with van der Waals surface area (Å²) in [7, 11) is 0. The number of rotatable bonds is 3. The standard InChI is InChI=1S/C45H30N4O/c1-27-19-22-38-35(23-27)33-21-20-30(26-39(33)48(38)31-13-3-2-4-14-31)42-44(46-43-34-16-8-10-18-41(34)50-45(43)47-42)49-37-17-9-7-15-32(37)36-24-28-11-5-6-12-29(28)25-40(36)49/h2-22,24-27H,23H2,1H3. The SMILES string of the molecule is CC1C=Cc2c(c3ccc(-c4nc5oc6ccccc6c5nc4-n4c5ccccc5c5cc6ccccc6cc54)cc3n2-c2ccccc2)C1. The second-order valence-corrected chi connectivity index (χ2v) is 13.5. The van der Waals surface area contributed by atoms with Crippen molar-refractivity contribution in [1.82, 2.24) is 19.1 Å². The van der Waals surface area contributed by atoms with Crippen molar-refractivity contribution in [3.8, 4) is 22.8 Å². The van der Waals surface area contributed by atoms with E-state index in [1.54, 1.807) is 0 Å². The fourth-order valence-electron chi connectivity index (χ4n) is 8.16. The van der Waals surface area contributed by atoms with E-state index in [2.05, 4.69) is 143 Å². The molecular formula is C45H30N4O. The third kappa shape index (κ3) is 3.89. The lowest BCUT2D eigenvalue weighted by molar-refractivity contribution is 0.653. The van der Waals surface area contributed by atoms with Crippen molar-refractivity contribution in [2.24, 2.45) is 5.92 Å². The van der Waals surface area contributed by atoms with Gasteiger partial charge < -0.3 is 8.98 Å². The molecule has 1 unspecified atom stereocenters. The Balaban J connectivity index is 1.27. The van der Waals surface area contributed by atoms with Crippen molar-refractivity contribution >= 4 is 71.8 Å². The number of aromatic nitrogens is 4. The molecule has 0 N–H and O–H groups in total. The second-order valence-electron chi connectivity index (χ2n) is 13.5. The van der Waals surface area contributed by atoms with E-state index in [4.69, 9.17) is 14.4 Å². The second kappa shape index (κ2) is 10.3. The highest BCUT2D eigenvalue weighted by Gasteiger charge is 2.25. The number of fused-ring (bicyclic) bond motifs is 10. The van der Waals surface area contributed by atoms with E-state index in [1.165, 1.54) is 38.2 Å². The maximum atomic E-state index is 6.38. The zero-order valence-corrected chi connectivity index (χ0v) is 27.3. The van der Waals surface area contributed by atoms with Crippen LogP contribution >= 0.6 is 0 Å². The maximum Gasteiger partial charge on any atom is 0.247 e. The molecule has 10 aromatic rings. The van der Waals surface area contributed by atoms with Crippen LogP contribution in [-0.4, -0.2) is 19.1 Å². The number of benzene rings is 6. The Bertz CT molecular complexity index is 3030. The summed E-state index contributed by atoms with van der Waals surface area (Å²) in [5.41, 5.74) is 10.9. The van der Waals surface area contributed by atoms with E-state index in [1.807, 2.05) is 18.2 Å². The highest BCUT2D eigenvalue weighted by molar-refractivity contribution is 6.14. The molecule has 0 saturated carbocycles. The number of hydrogen-bond donors (Lipinski definition) is 0. The Morgan fingerprint density at radius 2 is 1.36 bits per heavy atom. The van der Waals surface area contributed by atoms with Gasteiger partial charge in [-0.05, 0) is 83.3 Å². The van der Waals surface area contributed by atoms with E-state index in [0.29, 0.717) is 11.6 Å². The van der Waals surface area contributed by atoms with Gasteiger partial charge in [0.2, 0.25) is 5.71 Å². The molecule has 1 aliphatic carbocycles. The minimum atomic E-state index is 0.483. The summed E-state index contributed by atoms with van der Waals surface area (Å²) in [6.45, 7) is 2.29. The van der Waals surface area contributed by atoms with Gasteiger partial charge in [-0.1, -0.05) is 97.9 Å². The zero-order valence-electron chi connectivity index (χ0n) is 27.3. The molecule has 4 heterocycles. The predicted octanol–water partition coefficient (Wildman–Crippen LogP) is 11.4. The van der Waals surface area contributed by atoms with E-state index < -0.39 is 0 Å². The van der Waals surface area contributed by atoms with Crippen molar-refractivity contribution in [2.75, 3.05) is 0 Å². The van der Waals surface area contributed by atoms with Gasteiger partial charge in [0.1, 0.15) is 16.8 Å². The molecule has 236 valence electrons. The van der Waals surface area contributed by atoms with Crippen LogP contribution < -0.4 is 0 Å². The van der Waals surface area contributed by atoms with Crippen LogP contribution in [0, 0.1) is 5.92 Å². The molecule has 1 aliphatic rings. The van der Waals surface area contributed by atoms with Gasteiger partial charge in [0.15, 0.2) is 5.82 Å². The molecule has 0 amide bonds. The first-order valence-corrected chi connectivity index (χ1v) is 17.2. The van der Waals surface area contributed by atoms with Gasteiger partial charge in [0.25, 0.3) is 0 Å². The highest BCUT2D eigenvalue weighted by Crippen LogP contribution is 2.41. The van der Waals surface area contributed by atoms with Gasteiger partial charge in [-0.3, -0.25) is 4.57 Å². The fourth-order valence-corrected chi connectivity index (χ4v) is 8.16. The van der Waals surface area contributed by atoms with Crippen LogP contribution in [0.4, 0.5) is 0 Å². The summed E-state index contributed by atoms with van der Waals surface area (Å²) >= 11 is 0. The molecule has 5 heteroatoms. The molecule has 0 aliphatic heterocycles. The first-order valence-electron chi connectivity index (χ1n) is 17.2. The molecule has 4 aromatic heterocycles. The lowest BCUT2D eigenvalue weighted by Gasteiger charge is -2.15. The van der Waals surface area contributed by atoms with Gasteiger partial charge in [-0.2, -0.15) is 0 Å². The van der Waals surface area contributed by atoms with Crippen molar-refractivity contribution in [3.63, 3.8) is 0 Å². The average molecular weight is 643 g/mol. The van der Waals surface area contributed by atoms with Crippen molar-refractivity contribution < 1.29 is 4.42 Å². The molecule has 0 bridgehead atoms. The van der Waals surface area contributed by atoms with Crippen LogP contribution in [0.1, 0.15) is 18.2 Å². The third-order valence-corrected chi connectivity index (χ3v) is 10.5. The van der Waals surface area contributed by atoms with Crippen LogP contribution in [0.3, 0.4) is 0 Å². The average Bonchev–Trinajstić information content (AvgIpc) is 3.80. The Morgan fingerprint density at radius 3 is 2.24 bits per heavy atom. The Morgan fingerprint density at radius 1 is 0.620 bits per heavy atom. The number of allylic oxidation sites excluding steroid dienone is 1. The topological polar surface area (TPSA) is 48.8 Å². The molecule has 0 radical (unpaired) electrons. The summed E-state index contributed by atoms with van der Waals surface area (Å²) in [5, 5.41) is 6.99. The molecule has 6 aromatic carbocycles. The normalized spacial score (nSPS) is 14.5. The largest absolute Gasteiger partial charge is 0.436 e. The lowest BCUT2D eigenvalue weighted by atomic mass is 9.93. The summed E-state index contributed by atoms with van der Waals surface area (Å²) in [6, 6.07) is 47.3. The van der Waals surface area contributed by atoms with Crippen LogP contribution in [-0.2, 0) is 6.42 Å². The molecule has 0 spiro atoms. The van der Waals surface area contributed by atoms with Gasteiger partial charge in [-0.25, -0.2) is 9.97 Å². The van der Waals surface area contributed by atoms with E-state index in [0.717, 1.165) is 62.2 Å². The third-order valence-electron chi connectivity index (χ3n) is 10.5. The number of furan rings is 1. The summed E-state index contributed by atoms with van der Waals surface area (Å²) in [5.74, 6) is 1.26. The highest BCUT2D eigenvalue weighted by atomic mass is 16.3. The molecule has 1 atom stereocenters. The first-order chi connectivity index (χ1) is 24.7. The summed E-state index contributed by atoms with van der Waals surface area (Å²) in [4.78, 5) is 10.8. The molecule has 5 nitrogen and oxygen atoms in total. The zero-order chi connectivity index (χ0) is 32.9. The molecule has 0 saturated heterocycles. The van der Waals surface area contributed by atoms with Crippen LogP contribution in [0.2, 0.25) is 0 Å². The monoisotopic (exact) mass is 642 g/mol. The summed E-state index contributed by atoms with van der Waals surface area (Å²) in [6.07, 6.45) is 5.63. The number of para-hydroxylation sites is 3. The van der Waals surface area contributed by atoms with E-state index in [-0.39, 0.29) is 0 Å². The first kappa shape index (κ1) is 27.5. The van der Waals surface area contributed by atoms with Gasteiger partial charge in [0.05, 0.1) is 16.6 Å². The Hall–Kier alpha value is -6.46. The molecule has 0 fully saturated rings. The Kier molecular flexibility index (Phi) is 5.65. The smallest absolute Gasteiger partial charge is 0.247 e. The van der Waals surface area contributed by atoms with Gasteiger partial charge in [0, 0.05) is 38.5 Å². The van der Waals surface area contributed by atoms with Gasteiger partial charge >= 0.3 is 0 Å². The van der Waals surface area contributed by atoms with Crippen molar-refractivity contribution in [3.05, 3.63) is 151 Å². The lowest BCUT2D eigenvalue weighted by Crippen LogP contribution is -2.05. The maximum absolute atomic E-state index is 6.38. The van der Waals surface area contributed by atoms with Crippen LogP contribution in [0.25, 0.3) is 94.5 Å². The van der Waals surface area contributed by atoms with Crippen molar-refractivity contribution in [1.29, 1.82) is 0 Å². The van der Waals surface area contributed by atoms with Crippen molar-refractivity contribution in [2.45, 2.75) is 13.3 Å². The van der Waals surface area contributed by atoms with Crippen LogP contribution in [0.15, 0.2) is 144 Å². The summed E-state index contributed by atoms with van der Waals surface area (Å²) < 4.78 is 11.1. The van der Waals surface area contributed by atoms with E-state index >= 15 is 0 Å². The quantitative estimate of drug-likeness (QED) is 0.193. The fraction of sp³-hybridized carbons (Fsp3) is 0.0667. The minimum Gasteiger partial charge on any atom is -0.436 e. The molecule has 50 heavy (non-hydrogen) atoms.